The van der Waals surface area contributed by atoms with Crippen LogP contribution in [0.5, 0.6) is 5.88 Å². The third-order valence-corrected chi connectivity index (χ3v) is 16.5. The van der Waals surface area contributed by atoms with Crippen molar-refractivity contribution in [3.8, 4) is 131 Å². The largest absolute Gasteiger partial charge is 0.619 e. The molecular weight excluding hydrogens is 1430 g/mol. The van der Waals surface area contributed by atoms with Gasteiger partial charge in [0.05, 0.1) is 42.6 Å². The van der Waals surface area contributed by atoms with Gasteiger partial charge in [0, 0.05) is 106 Å². The topological polar surface area (TPSA) is 347 Å². The van der Waals surface area contributed by atoms with Crippen molar-refractivity contribution in [1.29, 1.82) is 0 Å². The zero-order valence-electron chi connectivity index (χ0n) is 61.8. The molecule has 0 bridgehead atoms. The van der Waals surface area contributed by atoms with Gasteiger partial charge < -0.3 is 37.1 Å². The van der Waals surface area contributed by atoms with Gasteiger partial charge in [-0.25, -0.2) is 9.97 Å². The lowest BCUT2D eigenvalue weighted by Gasteiger charge is -1.98. The van der Waals surface area contributed by atoms with Crippen molar-refractivity contribution >= 4 is 0 Å². The molecule has 0 aliphatic rings. The van der Waals surface area contributed by atoms with Crippen molar-refractivity contribution in [2.24, 2.45) is 0 Å². The Kier molecular flexibility index (Phi) is 24.7. The summed E-state index contributed by atoms with van der Waals surface area (Å²) in [6.07, 6.45) is 16.5. The highest BCUT2D eigenvalue weighted by Gasteiger charge is 2.17. The van der Waals surface area contributed by atoms with Crippen LogP contribution in [0, 0.1) is 52.7 Å². The highest BCUT2D eigenvalue weighted by atomic mass is 19.1. The smallest absolute Gasteiger partial charge is 0.259 e. The average Bonchev–Trinajstić information content (AvgIpc) is 1.77. The number of methoxy groups -OCH3 is 1. The SMILES string of the molecule is COc1cc(-c2nc(-c3ccc(C)cc3)no2)ccn1.Cc1ccc(-c2noc(-c3cc[n+]([O-])cc3)n2)cc1.Cc1ccc(-c2noc(-c3cccnc3)n2)cc1.Cc1ccc(-c2noc(-c3ccnc(F)c3)n2)cc1.Cc1ccc(-c2noc(-c3ccnnc3)n2)cc1.Cc1ccc(-c2noc(Cc3ccncc3)n2)cc1. The molecular formula is C85H68FN19O8. The van der Waals surface area contributed by atoms with Gasteiger partial charge in [0.2, 0.25) is 52.7 Å². The standard InChI is InChI=1S/C15H13N3O2.C15H13N3O.C14H10FN3O.C14H11N3O2.C14H11N3O.C13H10N4O/c1-10-3-5-11(6-4-10)14-17-15(20-18-14)12-7-8-16-13(9-12)19-2;1-11-2-4-13(5-3-11)15-17-14(19-18-15)10-12-6-8-16-9-7-12;1-9-2-4-10(5-3-9)13-17-14(19-18-13)11-6-7-16-12(15)8-11;1-10-2-4-11(5-3-10)13-15-14(19-16-13)12-6-8-17(18)9-7-12;1-10-4-6-11(7-5-10)13-16-14(18-17-13)12-3-2-8-15-9-12;1-9-2-4-10(5-3-9)12-16-13(18-17-12)11-6-7-14-15-8-11/h3-9H,1-2H3;2-9H,10H2,1H3;2-8H,1H3;2-9H,1H3;2-9H,1H3;2-8H,1H3. The maximum absolute atomic E-state index is 13.0. The molecule has 28 heteroatoms. The first kappa shape index (κ1) is 75.7. The molecule has 12 aromatic heterocycles. The Morgan fingerprint density at radius 1 is 0.327 bits per heavy atom. The average molecular weight is 1500 g/mol. The van der Waals surface area contributed by atoms with Gasteiger partial charge in [-0.05, 0) is 89.6 Å². The molecule has 18 aromatic rings. The number of rotatable bonds is 14. The Balaban J connectivity index is 0.000000119. The number of hydrogen-bond acceptors (Lipinski definition) is 26. The first-order chi connectivity index (χ1) is 55.2. The minimum absolute atomic E-state index is 0.275. The second-order valence-electron chi connectivity index (χ2n) is 25.1. The number of aromatic nitrogens is 19. The molecule has 0 aliphatic carbocycles. The van der Waals surface area contributed by atoms with Crippen LogP contribution >= 0.6 is 0 Å². The number of aryl methyl sites for hydroxylation is 6. The molecule has 0 fully saturated rings. The molecule has 0 N–H and O–H groups in total. The predicted octanol–water partition coefficient (Wildman–Crippen LogP) is 17.3. The second-order valence-corrected chi connectivity index (χ2v) is 25.1. The van der Waals surface area contributed by atoms with E-state index in [0.29, 0.717) is 87.0 Å². The van der Waals surface area contributed by atoms with Gasteiger partial charge in [0.1, 0.15) is 0 Å². The Morgan fingerprint density at radius 2 is 0.690 bits per heavy atom. The molecule has 12 heterocycles. The lowest BCUT2D eigenvalue weighted by molar-refractivity contribution is -0.605. The van der Waals surface area contributed by atoms with E-state index in [-0.39, 0.29) is 5.89 Å². The van der Waals surface area contributed by atoms with E-state index in [1.807, 2.05) is 204 Å². The summed E-state index contributed by atoms with van der Waals surface area (Å²) in [4.78, 5) is 41.6. The fourth-order valence-electron chi connectivity index (χ4n) is 10.3. The van der Waals surface area contributed by atoms with Crippen LogP contribution in [-0.2, 0) is 6.42 Å². The number of pyridine rings is 5. The van der Waals surface area contributed by atoms with Crippen LogP contribution < -0.4 is 9.47 Å². The maximum atomic E-state index is 13.0. The van der Waals surface area contributed by atoms with Crippen LogP contribution in [0.15, 0.2) is 301 Å². The second kappa shape index (κ2) is 36.9. The third-order valence-electron chi connectivity index (χ3n) is 16.5. The fourth-order valence-corrected chi connectivity index (χ4v) is 10.3. The van der Waals surface area contributed by atoms with Gasteiger partial charge in [0.25, 0.3) is 29.5 Å². The van der Waals surface area contributed by atoms with Crippen LogP contribution in [0.1, 0.15) is 44.8 Å². The van der Waals surface area contributed by atoms with Crippen LogP contribution in [0.3, 0.4) is 0 Å². The zero-order chi connectivity index (χ0) is 78.3. The Labute approximate surface area is 645 Å². The molecule has 558 valence electrons. The van der Waals surface area contributed by atoms with Crippen molar-refractivity contribution in [2.45, 2.75) is 48.0 Å². The van der Waals surface area contributed by atoms with E-state index < -0.39 is 5.95 Å². The summed E-state index contributed by atoms with van der Waals surface area (Å²) in [6, 6.07) is 66.7. The molecule has 0 unspecified atom stereocenters. The Bertz CT molecular complexity index is 5790. The molecule has 0 saturated carbocycles. The number of nitrogens with zero attached hydrogens (tertiary/aromatic N) is 19. The molecule has 0 saturated heterocycles. The lowest BCUT2D eigenvalue weighted by atomic mass is 10.1. The molecule has 0 atom stereocenters. The Morgan fingerprint density at radius 3 is 1.07 bits per heavy atom. The van der Waals surface area contributed by atoms with Gasteiger partial charge in [-0.3, -0.25) is 9.97 Å². The van der Waals surface area contributed by atoms with E-state index in [2.05, 4.69) is 97.9 Å². The maximum Gasteiger partial charge on any atom is 0.259 e. The molecule has 6 aromatic carbocycles. The van der Waals surface area contributed by atoms with Gasteiger partial charge in [-0.15, -0.1) is 0 Å². The van der Waals surface area contributed by atoms with Crippen LogP contribution in [-0.4, -0.2) is 98.1 Å². The van der Waals surface area contributed by atoms with Crippen LogP contribution in [0.2, 0.25) is 0 Å². The minimum Gasteiger partial charge on any atom is -0.619 e. The lowest BCUT2D eigenvalue weighted by Crippen LogP contribution is -2.23. The van der Waals surface area contributed by atoms with Gasteiger partial charge in [-0.1, -0.05) is 210 Å². The van der Waals surface area contributed by atoms with Crippen LogP contribution in [0.4, 0.5) is 4.39 Å². The summed E-state index contributed by atoms with van der Waals surface area (Å²) in [5.74, 6) is 5.97. The predicted molar refractivity (Wildman–Crippen MR) is 415 cm³/mol. The molecule has 113 heavy (non-hydrogen) atoms. The van der Waals surface area contributed by atoms with Crippen LogP contribution in [0.25, 0.3) is 126 Å². The third kappa shape index (κ3) is 21.0. The van der Waals surface area contributed by atoms with Crippen molar-refractivity contribution in [3.63, 3.8) is 0 Å². The van der Waals surface area contributed by atoms with Crippen molar-refractivity contribution < 1.29 is 41.0 Å². The monoisotopic (exact) mass is 1500 g/mol. The first-order valence-corrected chi connectivity index (χ1v) is 35.0. The Hall–Kier alpha value is -15.5. The number of ether oxygens (including phenoxy) is 1. The molecule has 0 amide bonds. The van der Waals surface area contributed by atoms with E-state index in [0.717, 1.165) is 66.8 Å². The molecule has 0 aliphatic heterocycles. The van der Waals surface area contributed by atoms with E-state index in [1.165, 1.54) is 52.5 Å². The number of benzene rings is 6. The molecule has 0 spiro atoms. The van der Waals surface area contributed by atoms with E-state index in [1.54, 1.807) is 86.9 Å². The highest BCUT2D eigenvalue weighted by Crippen LogP contribution is 2.29. The van der Waals surface area contributed by atoms with E-state index >= 15 is 0 Å². The van der Waals surface area contributed by atoms with Crippen molar-refractivity contribution in [2.75, 3.05) is 7.11 Å². The quantitative estimate of drug-likeness (QED) is 0.0554. The molecule has 0 radical (unpaired) electrons. The summed E-state index contributed by atoms with van der Waals surface area (Å²) in [7, 11) is 1.57. The van der Waals surface area contributed by atoms with Gasteiger partial charge in [0.15, 0.2) is 12.4 Å². The van der Waals surface area contributed by atoms with Crippen molar-refractivity contribution in [1.82, 2.24) is 91.0 Å². The normalized spacial score (nSPS) is 10.5. The number of hydrogen-bond donors (Lipinski definition) is 0. The van der Waals surface area contributed by atoms with Gasteiger partial charge in [-0.2, -0.15) is 49.2 Å². The zero-order valence-corrected chi connectivity index (χ0v) is 61.8. The molecule has 27 nitrogen and oxygen atoms in total. The van der Waals surface area contributed by atoms with Gasteiger partial charge >= 0.3 is 0 Å². The summed E-state index contributed by atoms with van der Waals surface area (Å²) < 4.78 is 50.2. The first-order valence-electron chi connectivity index (χ1n) is 35.0. The summed E-state index contributed by atoms with van der Waals surface area (Å²) in [5, 5.41) is 42.2. The van der Waals surface area contributed by atoms with E-state index in [4.69, 9.17) is 31.9 Å². The number of halogens is 1. The fraction of sp³-hybridized carbons (Fsp3) is 0.0941. The summed E-state index contributed by atoms with van der Waals surface area (Å²) >= 11 is 0. The van der Waals surface area contributed by atoms with E-state index in [9.17, 15) is 9.60 Å². The summed E-state index contributed by atoms with van der Waals surface area (Å²) in [6.45, 7) is 12.2. The molecule has 18 rings (SSSR count). The van der Waals surface area contributed by atoms with Crippen molar-refractivity contribution in [3.05, 3.63) is 330 Å². The summed E-state index contributed by atoms with van der Waals surface area (Å²) in [5.41, 5.74) is 17.4. The minimum atomic E-state index is -0.576. The highest BCUT2D eigenvalue weighted by molar-refractivity contribution is 5.65.